The van der Waals surface area contributed by atoms with Crippen LogP contribution in [0.3, 0.4) is 0 Å². The highest BCUT2D eigenvalue weighted by atomic mass is 16.5. The fraction of sp³-hybridized carbons (Fsp3) is 0.174. The number of esters is 2. The summed E-state index contributed by atoms with van der Waals surface area (Å²) in [6.45, 7) is 0. The largest absolute Gasteiger partial charge is 0.491 e. The van der Waals surface area contributed by atoms with Gasteiger partial charge in [0.1, 0.15) is 0 Å². The zero-order valence-corrected chi connectivity index (χ0v) is 17.1. The second-order valence-electron chi connectivity index (χ2n) is 6.23. The highest BCUT2D eigenvalue weighted by molar-refractivity contribution is 5.92. The molecule has 7 nitrogen and oxygen atoms in total. The minimum absolute atomic E-state index is 0.333. The molecule has 1 aromatic heterocycles. The maximum atomic E-state index is 11.7. The van der Waals surface area contributed by atoms with Crippen molar-refractivity contribution >= 4 is 11.9 Å². The maximum absolute atomic E-state index is 11.7. The van der Waals surface area contributed by atoms with Gasteiger partial charge in [-0.1, -0.05) is 24.3 Å². The van der Waals surface area contributed by atoms with Crippen LogP contribution in [0.2, 0.25) is 0 Å². The van der Waals surface area contributed by atoms with Gasteiger partial charge < -0.3 is 18.9 Å². The lowest BCUT2D eigenvalue weighted by Gasteiger charge is -2.15. The maximum Gasteiger partial charge on any atom is 0.337 e. The molecule has 0 aliphatic heterocycles. The van der Waals surface area contributed by atoms with Gasteiger partial charge in [0.25, 0.3) is 5.88 Å². The Labute approximate surface area is 174 Å². The lowest BCUT2D eigenvalue weighted by Crippen LogP contribution is -2.02. The van der Waals surface area contributed by atoms with E-state index in [0.717, 1.165) is 16.7 Å². The van der Waals surface area contributed by atoms with E-state index in [9.17, 15) is 9.59 Å². The van der Waals surface area contributed by atoms with E-state index in [4.69, 9.17) is 18.9 Å². The average Bonchev–Trinajstić information content (AvgIpc) is 2.82. The Morgan fingerprint density at radius 1 is 0.700 bits per heavy atom. The third kappa shape index (κ3) is 4.10. The molecule has 0 amide bonds. The second-order valence-corrected chi connectivity index (χ2v) is 6.23. The molecular weight excluding hydrogens is 386 g/mol. The summed E-state index contributed by atoms with van der Waals surface area (Å²) in [5.74, 6) is -0.0231. The number of pyridine rings is 1. The number of carbonyl (C=O) groups excluding carboxylic acids is 2. The molecule has 0 N–H and O–H groups in total. The molecule has 0 bridgehead atoms. The van der Waals surface area contributed by atoms with Crippen LogP contribution < -0.4 is 9.47 Å². The Morgan fingerprint density at radius 2 is 1.20 bits per heavy atom. The number of carbonyl (C=O) groups is 2. The molecule has 0 fully saturated rings. The van der Waals surface area contributed by atoms with Crippen LogP contribution in [0.1, 0.15) is 20.7 Å². The Balaban J connectivity index is 2.14. The molecule has 0 saturated heterocycles. The minimum atomic E-state index is -0.416. The zero-order valence-electron chi connectivity index (χ0n) is 17.1. The zero-order chi connectivity index (χ0) is 21.7. The topological polar surface area (TPSA) is 84.0 Å². The van der Waals surface area contributed by atoms with E-state index < -0.39 is 11.9 Å². The fourth-order valence-corrected chi connectivity index (χ4v) is 3.00. The molecule has 1 heterocycles. The molecule has 0 atom stereocenters. The van der Waals surface area contributed by atoms with E-state index in [1.165, 1.54) is 28.4 Å². The summed E-state index contributed by atoms with van der Waals surface area (Å²) in [5.41, 5.74) is 3.88. The van der Waals surface area contributed by atoms with Crippen LogP contribution >= 0.6 is 0 Å². The van der Waals surface area contributed by atoms with Crippen LogP contribution in [0.4, 0.5) is 0 Å². The summed E-state index contributed by atoms with van der Waals surface area (Å²) >= 11 is 0. The standard InChI is InChI=1S/C23H21NO6/c1-27-19-13-18(14-5-9-16(10-6-14)22(25)29-3)20(24-21(19)28-2)15-7-11-17(12-8-15)23(26)30-4/h5-13H,1-4H3. The number of rotatable bonds is 6. The highest BCUT2D eigenvalue weighted by Gasteiger charge is 2.17. The summed E-state index contributed by atoms with van der Waals surface area (Å²) in [4.78, 5) is 28.1. The highest BCUT2D eigenvalue weighted by Crippen LogP contribution is 2.38. The van der Waals surface area contributed by atoms with Gasteiger partial charge in [0, 0.05) is 11.1 Å². The van der Waals surface area contributed by atoms with Crippen molar-refractivity contribution < 1.29 is 28.5 Å². The number of hydrogen-bond donors (Lipinski definition) is 0. The molecule has 0 spiro atoms. The SMILES string of the molecule is COC(=O)c1ccc(-c2cc(OC)c(OC)nc2-c2ccc(C(=O)OC)cc2)cc1. The van der Waals surface area contributed by atoms with Gasteiger partial charge in [-0.2, -0.15) is 0 Å². The van der Waals surface area contributed by atoms with Crippen molar-refractivity contribution in [3.05, 3.63) is 65.7 Å². The van der Waals surface area contributed by atoms with Crippen LogP contribution in [-0.2, 0) is 9.47 Å². The summed E-state index contributed by atoms with van der Waals surface area (Å²) in [6, 6.07) is 15.7. The molecule has 30 heavy (non-hydrogen) atoms. The third-order valence-electron chi connectivity index (χ3n) is 4.56. The number of benzene rings is 2. The van der Waals surface area contributed by atoms with E-state index in [1.807, 2.05) is 18.2 Å². The number of hydrogen-bond acceptors (Lipinski definition) is 7. The molecule has 3 aromatic rings. The fourth-order valence-electron chi connectivity index (χ4n) is 3.00. The lowest BCUT2D eigenvalue weighted by atomic mass is 9.97. The first kappa shape index (κ1) is 20.9. The van der Waals surface area contributed by atoms with Gasteiger partial charge in [-0.3, -0.25) is 0 Å². The van der Waals surface area contributed by atoms with Gasteiger partial charge in [-0.15, -0.1) is 0 Å². The Bertz CT molecular complexity index is 972. The average molecular weight is 407 g/mol. The number of nitrogens with zero attached hydrogens (tertiary/aromatic N) is 1. The summed E-state index contributed by atoms with van der Waals surface area (Å²) in [6.07, 6.45) is 0. The quantitative estimate of drug-likeness (QED) is 0.571. The van der Waals surface area contributed by atoms with Crippen molar-refractivity contribution in [1.82, 2.24) is 4.98 Å². The van der Waals surface area contributed by atoms with Crippen molar-refractivity contribution in [3.8, 4) is 34.0 Å². The van der Waals surface area contributed by atoms with Gasteiger partial charge in [-0.25, -0.2) is 14.6 Å². The van der Waals surface area contributed by atoms with Crippen molar-refractivity contribution in [2.45, 2.75) is 0 Å². The molecule has 0 radical (unpaired) electrons. The predicted molar refractivity (Wildman–Crippen MR) is 111 cm³/mol. The summed E-state index contributed by atoms with van der Waals surface area (Å²) in [7, 11) is 5.72. The van der Waals surface area contributed by atoms with E-state index >= 15 is 0 Å². The molecular formula is C23H21NO6. The molecule has 0 unspecified atom stereocenters. The first-order valence-corrected chi connectivity index (χ1v) is 9.03. The smallest absolute Gasteiger partial charge is 0.337 e. The monoisotopic (exact) mass is 407 g/mol. The van der Waals surface area contributed by atoms with Gasteiger partial charge in [0.15, 0.2) is 5.75 Å². The Morgan fingerprint density at radius 3 is 1.63 bits per heavy atom. The van der Waals surface area contributed by atoms with Gasteiger partial charge in [0.05, 0.1) is 45.3 Å². The molecule has 2 aromatic carbocycles. The third-order valence-corrected chi connectivity index (χ3v) is 4.56. The molecule has 0 saturated carbocycles. The van der Waals surface area contributed by atoms with E-state index in [2.05, 4.69) is 4.98 Å². The van der Waals surface area contributed by atoms with Crippen molar-refractivity contribution in [1.29, 1.82) is 0 Å². The molecule has 0 aliphatic rings. The van der Waals surface area contributed by atoms with Crippen molar-refractivity contribution in [2.75, 3.05) is 28.4 Å². The van der Waals surface area contributed by atoms with Crippen LogP contribution in [0.5, 0.6) is 11.6 Å². The summed E-state index contributed by atoms with van der Waals surface area (Å²) < 4.78 is 20.3. The van der Waals surface area contributed by atoms with Gasteiger partial charge in [0.2, 0.25) is 0 Å². The lowest BCUT2D eigenvalue weighted by molar-refractivity contribution is 0.0592. The number of aromatic nitrogens is 1. The molecule has 7 heteroatoms. The number of methoxy groups -OCH3 is 4. The van der Waals surface area contributed by atoms with Crippen LogP contribution in [0.15, 0.2) is 54.6 Å². The molecule has 154 valence electrons. The van der Waals surface area contributed by atoms with Crippen molar-refractivity contribution in [3.63, 3.8) is 0 Å². The Hall–Kier alpha value is -3.87. The van der Waals surface area contributed by atoms with E-state index in [0.29, 0.717) is 28.5 Å². The Kier molecular flexibility index (Phi) is 6.32. The van der Waals surface area contributed by atoms with Crippen molar-refractivity contribution in [2.24, 2.45) is 0 Å². The van der Waals surface area contributed by atoms with Gasteiger partial charge >= 0.3 is 11.9 Å². The normalized spacial score (nSPS) is 10.3. The second kappa shape index (κ2) is 9.09. The van der Waals surface area contributed by atoms with E-state index in [1.54, 1.807) is 36.4 Å². The van der Waals surface area contributed by atoms with E-state index in [-0.39, 0.29) is 0 Å². The molecule has 3 rings (SSSR count). The van der Waals surface area contributed by atoms with Crippen LogP contribution in [-0.4, -0.2) is 45.4 Å². The number of ether oxygens (including phenoxy) is 4. The van der Waals surface area contributed by atoms with Crippen LogP contribution in [0, 0.1) is 0 Å². The van der Waals surface area contributed by atoms with Crippen LogP contribution in [0.25, 0.3) is 22.4 Å². The minimum Gasteiger partial charge on any atom is -0.491 e. The molecule has 0 aliphatic carbocycles. The first-order chi connectivity index (χ1) is 14.5. The summed E-state index contributed by atoms with van der Waals surface area (Å²) in [5, 5.41) is 0. The van der Waals surface area contributed by atoms with Gasteiger partial charge in [-0.05, 0) is 35.9 Å². The predicted octanol–water partition coefficient (Wildman–Crippen LogP) is 4.01. The first-order valence-electron chi connectivity index (χ1n) is 9.03.